The molecule has 1 spiro atoms. The summed E-state index contributed by atoms with van der Waals surface area (Å²) in [5, 5.41) is 12.9. The molecule has 12 aromatic carbocycles. The molecule has 13 aromatic rings. The summed E-state index contributed by atoms with van der Waals surface area (Å²) in [6.07, 6.45) is 0. The van der Waals surface area contributed by atoms with E-state index in [0.717, 1.165) is 17.1 Å². The molecule has 0 saturated heterocycles. The number of nitrogens with zero attached hydrogens (tertiary/aromatic N) is 1. The number of hydrogen-bond donors (Lipinski definition) is 0. The van der Waals surface area contributed by atoms with Crippen LogP contribution in [0.1, 0.15) is 22.3 Å². The molecule has 67 heavy (non-hydrogen) atoms. The predicted molar refractivity (Wildman–Crippen MR) is 286 cm³/mol. The van der Waals surface area contributed by atoms with Gasteiger partial charge in [-0.05, 0) is 141 Å². The first-order chi connectivity index (χ1) is 33.2. The minimum atomic E-state index is -0.444. The second-order valence-corrected chi connectivity index (χ2v) is 19.3. The van der Waals surface area contributed by atoms with Crippen LogP contribution in [-0.2, 0) is 5.41 Å². The Hall–Kier alpha value is -8.30. The van der Waals surface area contributed by atoms with Crippen molar-refractivity contribution in [2.45, 2.75) is 5.41 Å². The van der Waals surface area contributed by atoms with Crippen LogP contribution in [0.5, 0.6) is 0 Å². The summed E-state index contributed by atoms with van der Waals surface area (Å²) in [5.41, 5.74) is 15.9. The topological polar surface area (TPSA) is 3.24 Å². The van der Waals surface area contributed by atoms with Gasteiger partial charge in [0.15, 0.2) is 0 Å². The third-order valence-electron chi connectivity index (χ3n) is 15.0. The molecule has 0 radical (unpaired) electrons. The Morgan fingerprint density at radius 1 is 0.284 bits per heavy atom. The van der Waals surface area contributed by atoms with Crippen molar-refractivity contribution in [1.82, 2.24) is 0 Å². The van der Waals surface area contributed by atoms with E-state index in [1.807, 2.05) is 11.3 Å². The molecule has 0 saturated carbocycles. The van der Waals surface area contributed by atoms with E-state index >= 15 is 0 Å². The average molecular weight is 866 g/mol. The van der Waals surface area contributed by atoms with Crippen LogP contribution in [0.25, 0.3) is 96.6 Å². The standard InChI is InChI=1S/C65H39NS/c1-2-14-46-41(13-1)27-34-57-56-33-28-42(37-63(56)67-64(46)57)40-25-29-43(30-26-40)66(44-31-35-51-49-17-4-3-15-47(49)48-16-5-6-18-50(48)58(51)38-44)45-32-36-55-54-21-9-12-24-61(54)65(62(55)39-45)59-22-10-7-19-52(59)53-20-8-11-23-60(53)65/h1-39H. The van der Waals surface area contributed by atoms with Crippen molar-refractivity contribution in [1.29, 1.82) is 0 Å². The summed E-state index contributed by atoms with van der Waals surface area (Å²) in [5.74, 6) is 0. The number of hydrogen-bond acceptors (Lipinski definition) is 2. The van der Waals surface area contributed by atoms with Crippen molar-refractivity contribution in [3.05, 3.63) is 259 Å². The quantitative estimate of drug-likeness (QED) is 0.159. The number of anilines is 3. The van der Waals surface area contributed by atoms with Crippen LogP contribution < -0.4 is 4.90 Å². The van der Waals surface area contributed by atoms with Gasteiger partial charge in [-0.25, -0.2) is 0 Å². The van der Waals surface area contributed by atoms with Crippen LogP contribution in [0.3, 0.4) is 0 Å². The highest BCUT2D eigenvalue weighted by Gasteiger charge is 2.51. The van der Waals surface area contributed by atoms with Gasteiger partial charge in [-0.3, -0.25) is 0 Å². The Morgan fingerprint density at radius 3 is 1.40 bits per heavy atom. The highest BCUT2D eigenvalue weighted by molar-refractivity contribution is 7.26. The zero-order valence-corrected chi connectivity index (χ0v) is 37.2. The molecule has 0 bridgehead atoms. The van der Waals surface area contributed by atoms with E-state index in [4.69, 9.17) is 0 Å². The van der Waals surface area contributed by atoms with Gasteiger partial charge in [0.05, 0.1) is 5.41 Å². The normalized spacial score (nSPS) is 13.2. The Labute approximate surface area is 392 Å². The molecule has 15 rings (SSSR count). The Bertz CT molecular complexity index is 4130. The SMILES string of the molecule is c1ccc2c(c1)-c1ccccc1C21c2ccccc2-c2ccc(N(c3ccc(-c4ccc5c(c4)sc4c6ccccc6ccc54)cc3)c3ccc4c5ccccc5c5ccccc5c4c3)cc21. The van der Waals surface area contributed by atoms with Crippen LogP contribution in [-0.4, -0.2) is 0 Å². The lowest BCUT2D eigenvalue weighted by atomic mass is 9.70. The maximum absolute atomic E-state index is 2.50. The lowest BCUT2D eigenvalue weighted by Gasteiger charge is -2.32. The van der Waals surface area contributed by atoms with Gasteiger partial charge in [-0.1, -0.05) is 194 Å². The summed E-state index contributed by atoms with van der Waals surface area (Å²) >= 11 is 1.90. The molecule has 2 aliphatic carbocycles. The summed E-state index contributed by atoms with van der Waals surface area (Å²) in [6.45, 7) is 0. The average Bonchev–Trinajstić information content (AvgIpc) is 4.03. The summed E-state index contributed by atoms with van der Waals surface area (Å²) < 4.78 is 2.67. The van der Waals surface area contributed by atoms with E-state index in [2.05, 4.69) is 241 Å². The summed E-state index contributed by atoms with van der Waals surface area (Å²) in [6, 6.07) is 88.9. The summed E-state index contributed by atoms with van der Waals surface area (Å²) in [4.78, 5) is 2.48. The van der Waals surface area contributed by atoms with Crippen molar-refractivity contribution in [3.63, 3.8) is 0 Å². The Morgan fingerprint density at radius 2 is 0.746 bits per heavy atom. The van der Waals surface area contributed by atoms with Crippen molar-refractivity contribution < 1.29 is 0 Å². The first kappa shape index (κ1) is 37.0. The molecule has 0 fully saturated rings. The fraction of sp³-hybridized carbons (Fsp3) is 0.0154. The fourth-order valence-corrected chi connectivity index (χ4v) is 13.5. The van der Waals surface area contributed by atoms with Crippen molar-refractivity contribution in [3.8, 4) is 33.4 Å². The molecule has 0 aliphatic heterocycles. The maximum Gasteiger partial charge on any atom is 0.0726 e. The molecular weight excluding hydrogens is 827 g/mol. The molecule has 1 aromatic heterocycles. The molecule has 1 nitrogen and oxygen atoms in total. The van der Waals surface area contributed by atoms with Gasteiger partial charge >= 0.3 is 0 Å². The van der Waals surface area contributed by atoms with E-state index in [1.165, 1.54) is 119 Å². The predicted octanol–water partition coefficient (Wildman–Crippen LogP) is 18.1. The summed E-state index contributed by atoms with van der Waals surface area (Å²) in [7, 11) is 0. The van der Waals surface area contributed by atoms with Gasteiger partial charge < -0.3 is 4.90 Å². The first-order valence-corrected chi connectivity index (χ1v) is 24.1. The third kappa shape index (κ3) is 5.08. The Balaban J connectivity index is 0.940. The largest absolute Gasteiger partial charge is 0.310 e. The minimum Gasteiger partial charge on any atom is -0.310 e. The van der Waals surface area contributed by atoms with Crippen LogP contribution in [0.2, 0.25) is 0 Å². The second kappa shape index (κ2) is 13.9. The lowest BCUT2D eigenvalue weighted by molar-refractivity contribution is 0.793. The van der Waals surface area contributed by atoms with Gasteiger partial charge in [0.1, 0.15) is 0 Å². The highest BCUT2D eigenvalue weighted by atomic mass is 32.1. The molecular formula is C65H39NS. The van der Waals surface area contributed by atoms with Crippen LogP contribution in [0, 0.1) is 0 Å². The van der Waals surface area contributed by atoms with Gasteiger partial charge in [0, 0.05) is 37.2 Å². The third-order valence-corrected chi connectivity index (χ3v) is 16.2. The molecule has 0 amide bonds. The first-order valence-electron chi connectivity index (χ1n) is 23.2. The molecule has 0 unspecified atom stereocenters. The fourth-order valence-electron chi connectivity index (χ4n) is 12.2. The van der Waals surface area contributed by atoms with Gasteiger partial charge in [-0.15, -0.1) is 11.3 Å². The number of fused-ring (bicyclic) bond motifs is 21. The molecule has 310 valence electrons. The lowest BCUT2D eigenvalue weighted by Crippen LogP contribution is -2.26. The van der Waals surface area contributed by atoms with E-state index in [-0.39, 0.29) is 0 Å². The number of benzene rings is 12. The molecule has 0 N–H and O–H groups in total. The monoisotopic (exact) mass is 865 g/mol. The van der Waals surface area contributed by atoms with Gasteiger partial charge in [-0.2, -0.15) is 0 Å². The maximum atomic E-state index is 2.50. The van der Waals surface area contributed by atoms with Gasteiger partial charge in [0.25, 0.3) is 0 Å². The molecule has 2 aliphatic rings. The molecule has 2 heteroatoms. The zero-order chi connectivity index (χ0) is 43.8. The van der Waals surface area contributed by atoms with Gasteiger partial charge in [0.2, 0.25) is 0 Å². The van der Waals surface area contributed by atoms with Crippen LogP contribution >= 0.6 is 11.3 Å². The van der Waals surface area contributed by atoms with Crippen LogP contribution in [0.15, 0.2) is 237 Å². The zero-order valence-electron chi connectivity index (χ0n) is 36.4. The highest BCUT2D eigenvalue weighted by Crippen LogP contribution is 2.63. The van der Waals surface area contributed by atoms with Crippen molar-refractivity contribution >= 4 is 91.7 Å². The van der Waals surface area contributed by atoms with Crippen molar-refractivity contribution in [2.24, 2.45) is 0 Å². The van der Waals surface area contributed by atoms with E-state index in [9.17, 15) is 0 Å². The number of thiophene rings is 1. The second-order valence-electron chi connectivity index (χ2n) is 18.3. The Kier molecular flexibility index (Phi) is 7.65. The van der Waals surface area contributed by atoms with E-state index in [1.54, 1.807) is 0 Å². The molecule has 0 atom stereocenters. The number of rotatable bonds is 4. The minimum absolute atomic E-state index is 0.444. The van der Waals surface area contributed by atoms with Crippen LogP contribution in [0.4, 0.5) is 17.1 Å². The molecule has 1 heterocycles. The van der Waals surface area contributed by atoms with E-state index < -0.39 is 5.41 Å². The smallest absolute Gasteiger partial charge is 0.0726 e. The van der Waals surface area contributed by atoms with Crippen molar-refractivity contribution in [2.75, 3.05) is 4.90 Å². The van der Waals surface area contributed by atoms with E-state index in [0.29, 0.717) is 0 Å².